The van der Waals surface area contributed by atoms with Crippen LogP contribution in [0.5, 0.6) is 0 Å². The standard InChI is InChI=1S/C17H22N2O2S/c1-10-7-15(12(3)19(10)14-5-6-14)17(20)9-22-8-16-11(2)18-21-13(16)4/h7,14H,5-6,8-9H2,1-4H3. The predicted molar refractivity (Wildman–Crippen MR) is 88.6 cm³/mol. The van der Waals surface area contributed by atoms with Gasteiger partial charge in [0.1, 0.15) is 5.76 Å². The summed E-state index contributed by atoms with van der Waals surface area (Å²) in [5, 5.41) is 3.95. The molecule has 2 heterocycles. The Bertz CT molecular complexity index is 691. The molecular formula is C17H22N2O2S. The van der Waals surface area contributed by atoms with Gasteiger partial charge in [0.2, 0.25) is 0 Å². The number of aromatic nitrogens is 2. The van der Waals surface area contributed by atoms with Crippen molar-refractivity contribution in [1.29, 1.82) is 0 Å². The third-order valence-corrected chi connectivity index (χ3v) is 5.32. The van der Waals surface area contributed by atoms with Crippen LogP contribution >= 0.6 is 11.8 Å². The van der Waals surface area contributed by atoms with Crippen LogP contribution in [0.25, 0.3) is 0 Å². The second-order valence-corrected chi connectivity index (χ2v) is 7.09. The molecule has 1 saturated carbocycles. The van der Waals surface area contributed by atoms with E-state index in [9.17, 15) is 4.79 Å². The largest absolute Gasteiger partial charge is 0.361 e. The lowest BCUT2D eigenvalue weighted by atomic mass is 10.2. The van der Waals surface area contributed by atoms with Gasteiger partial charge in [-0.15, -0.1) is 11.8 Å². The van der Waals surface area contributed by atoms with Crippen LogP contribution in [0, 0.1) is 27.7 Å². The van der Waals surface area contributed by atoms with Crippen LogP contribution < -0.4 is 0 Å². The highest BCUT2D eigenvalue weighted by molar-refractivity contribution is 7.99. The summed E-state index contributed by atoms with van der Waals surface area (Å²) in [6, 6.07) is 2.67. The van der Waals surface area contributed by atoms with Crippen molar-refractivity contribution in [3.8, 4) is 0 Å². The van der Waals surface area contributed by atoms with E-state index in [-0.39, 0.29) is 5.78 Å². The summed E-state index contributed by atoms with van der Waals surface area (Å²) in [5.74, 6) is 2.34. The molecule has 0 saturated heterocycles. The van der Waals surface area contributed by atoms with E-state index in [1.165, 1.54) is 18.5 Å². The van der Waals surface area contributed by atoms with Crippen molar-refractivity contribution in [2.45, 2.75) is 52.3 Å². The number of carbonyl (C=O) groups excluding carboxylic acids is 1. The van der Waals surface area contributed by atoms with E-state index in [1.54, 1.807) is 11.8 Å². The maximum atomic E-state index is 12.5. The van der Waals surface area contributed by atoms with Crippen molar-refractivity contribution in [3.05, 3.63) is 40.0 Å². The number of hydrogen-bond acceptors (Lipinski definition) is 4. The van der Waals surface area contributed by atoms with Crippen LogP contribution in [-0.2, 0) is 5.75 Å². The Morgan fingerprint density at radius 3 is 2.68 bits per heavy atom. The smallest absolute Gasteiger partial charge is 0.174 e. The Morgan fingerprint density at radius 2 is 2.09 bits per heavy atom. The van der Waals surface area contributed by atoms with E-state index in [1.807, 2.05) is 19.9 Å². The average Bonchev–Trinajstić information content (AvgIpc) is 3.19. The van der Waals surface area contributed by atoms with Gasteiger partial charge in [-0.3, -0.25) is 4.79 Å². The van der Waals surface area contributed by atoms with Gasteiger partial charge in [-0.25, -0.2) is 0 Å². The minimum Gasteiger partial charge on any atom is -0.361 e. The first-order chi connectivity index (χ1) is 10.5. The molecule has 22 heavy (non-hydrogen) atoms. The summed E-state index contributed by atoms with van der Waals surface area (Å²) < 4.78 is 7.48. The molecule has 0 aliphatic heterocycles. The van der Waals surface area contributed by atoms with Crippen molar-refractivity contribution in [3.63, 3.8) is 0 Å². The van der Waals surface area contributed by atoms with Crippen molar-refractivity contribution in [2.75, 3.05) is 5.75 Å². The summed E-state index contributed by atoms with van der Waals surface area (Å²) in [4.78, 5) is 12.5. The van der Waals surface area contributed by atoms with Gasteiger partial charge >= 0.3 is 0 Å². The molecule has 0 radical (unpaired) electrons. The molecule has 2 aromatic heterocycles. The Morgan fingerprint density at radius 1 is 1.36 bits per heavy atom. The molecule has 5 heteroatoms. The molecule has 1 aliphatic rings. The molecule has 0 N–H and O–H groups in total. The number of rotatable bonds is 6. The Balaban J connectivity index is 1.64. The number of thioether (sulfide) groups is 1. The van der Waals surface area contributed by atoms with E-state index < -0.39 is 0 Å². The van der Waals surface area contributed by atoms with E-state index in [0.29, 0.717) is 11.8 Å². The van der Waals surface area contributed by atoms with Crippen LogP contribution in [0.3, 0.4) is 0 Å². The van der Waals surface area contributed by atoms with Crippen molar-refractivity contribution in [2.24, 2.45) is 0 Å². The fraction of sp³-hybridized carbons (Fsp3) is 0.529. The first kappa shape index (κ1) is 15.4. The molecular weight excluding hydrogens is 296 g/mol. The van der Waals surface area contributed by atoms with E-state index in [4.69, 9.17) is 4.52 Å². The highest BCUT2D eigenvalue weighted by atomic mass is 32.2. The van der Waals surface area contributed by atoms with Crippen molar-refractivity contribution >= 4 is 17.5 Å². The number of nitrogens with zero attached hydrogens (tertiary/aromatic N) is 2. The lowest BCUT2D eigenvalue weighted by molar-refractivity contribution is 0.102. The average molecular weight is 318 g/mol. The monoisotopic (exact) mass is 318 g/mol. The first-order valence-electron chi connectivity index (χ1n) is 7.70. The zero-order valence-electron chi connectivity index (χ0n) is 13.6. The second-order valence-electron chi connectivity index (χ2n) is 6.10. The van der Waals surface area contributed by atoms with Gasteiger partial charge in [0.25, 0.3) is 0 Å². The van der Waals surface area contributed by atoms with Crippen LogP contribution in [0.15, 0.2) is 10.6 Å². The van der Waals surface area contributed by atoms with Gasteiger partial charge in [0, 0.05) is 34.3 Å². The summed E-state index contributed by atoms with van der Waals surface area (Å²) in [6.45, 7) is 8.02. The van der Waals surface area contributed by atoms with Crippen LogP contribution in [0.2, 0.25) is 0 Å². The number of ketones is 1. The molecule has 0 atom stereocenters. The molecule has 0 spiro atoms. The van der Waals surface area contributed by atoms with Crippen molar-refractivity contribution in [1.82, 2.24) is 9.72 Å². The Kier molecular flexibility index (Phi) is 4.17. The summed E-state index contributed by atoms with van der Waals surface area (Å²) in [7, 11) is 0. The first-order valence-corrected chi connectivity index (χ1v) is 8.85. The van der Waals surface area contributed by atoms with Crippen LogP contribution in [0.1, 0.15) is 57.6 Å². The molecule has 0 bridgehead atoms. The van der Waals surface area contributed by atoms with Crippen molar-refractivity contribution < 1.29 is 9.32 Å². The van der Waals surface area contributed by atoms with E-state index in [0.717, 1.165) is 34.0 Å². The third-order valence-electron chi connectivity index (χ3n) is 4.36. The molecule has 1 aliphatic carbocycles. The minimum atomic E-state index is 0.219. The SMILES string of the molecule is Cc1noc(C)c1CSCC(=O)c1cc(C)n(C2CC2)c1C. The highest BCUT2D eigenvalue weighted by Crippen LogP contribution is 2.38. The molecule has 4 nitrogen and oxygen atoms in total. The van der Waals surface area contributed by atoms with E-state index in [2.05, 4.69) is 23.6 Å². The number of carbonyl (C=O) groups is 1. The van der Waals surface area contributed by atoms with Gasteiger partial charge in [0.15, 0.2) is 5.78 Å². The summed E-state index contributed by atoms with van der Waals surface area (Å²) in [5.41, 5.74) is 5.25. The topological polar surface area (TPSA) is 48.0 Å². The zero-order valence-corrected chi connectivity index (χ0v) is 14.4. The van der Waals surface area contributed by atoms with Crippen LogP contribution in [-0.4, -0.2) is 21.3 Å². The number of hydrogen-bond donors (Lipinski definition) is 0. The number of aryl methyl sites for hydroxylation is 3. The molecule has 0 aromatic carbocycles. The zero-order chi connectivity index (χ0) is 15.9. The number of Topliss-reactive ketones (excluding diaryl/α,β-unsaturated/α-hetero) is 1. The normalized spacial score (nSPS) is 14.5. The molecule has 3 rings (SSSR count). The molecule has 2 aromatic rings. The minimum absolute atomic E-state index is 0.219. The van der Waals surface area contributed by atoms with Gasteiger partial charge in [0.05, 0.1) is 11.4 Å². The molecule has 118 valence electrons. The highest BCUT2D eigenvalue weighted by Gasteiger charge is 2.28. The third kappa shape index (κ3) is 2.86. The lowest BCUT2D eigenvalue weighted by Gasteiger charge is -2.07. The fourth-order valence-corrected chi connectivity index (χ4v) is 4.04. The quantitative estimate of drug-likeness (QED) is 0.750. The maximum absolute atomic E-state index is 12.5. The van der Waals surface area contributed by atoms with Gasteiger partial charge in [-0.1, -0.05) is 5.16 Å². The summed E-state index contributed by atoms with van der Waals surface area (Å²) in [6.07, 6.45) is 2.48. The second kappa shape index (κ2) is 5.95. The van der Waals surface area contributed by atoms with Crippen LogP contribution in [0.4, 0.5) is 0 Å². The molecule has 0 unspecified atom stereocenters. The van der Waals surface area contributed by atoms with Gasteiger partial charge < -0.3 is 9.09 Å². The van der Waals surface area contributed by atoms with Gasteiger partial charge in [-0.2, -0.15) is 0 Å². The van der Waals surface area contributed by atoms with Gasteiger partial charge in [-0.05, 0) is 46.6 Å². The lowest BCUT2D eigenvalue weighted by Crippen LogP contribution is -2.06. The molecule has 0 amide bonds. The van der Waals surface area contributed by atoms with E-state index >= 15 is 0 Å². The fourth-order valence-electron chi connectivity index (χ4n) is 2.99. The Hall–Kier alpha value is -1.49. The maximum Gasteiger partial charge on any atom is 0.174 e. The Labute approximate surface area is 135 Å². The summed E-state index contributed by atoms with van der Waals surface area (Å²) >= 11 is 1.63. The molecule has 1 fully saturated rings. The predicted octanol–water partition coefficient (Wildman–Crippen LogP) is 4.16.